The van der Waals surface area contributed by atoms with E-state index in [-0.39, 0.29) is 12.0 Å². The van der Waals surface area contributed by atoms with Crippen LogP contribution in [0, 0.1) is 5.92 Å². The quantitative estimate of drug-likeness (QED) is 0.770. The maximum atomic E-state index is 6.13. The molecule has 2 heterocycles. The van der Waals surface area contributed by atoms with E-state index in [0.717, 1.165) is 32.1 Å². The van der Waals surface area contributed by atoms with Gasteiger partial charge in [0.05, 0.1) is 24.7 Å². The third-order valence-corrected chi connectivity index (χ3v) is 4.69. The molecule has 4 aliphatic rings. The molecule has 0 saturated carbocycles. The second-order valence-corrected chi connectivity index (χ2v) is 5.93. The van der Waals surface area contributed by atoms with E-state index in [2.05, 4.69) is 42.2 Å². The number of hydrogen-bond donors (Lipinski definition) is 0. The van der Waals surface area contributed by atoms with Crippen LogP contribution in [0.3, 0.4) is 0 Å². The fourth-order valence-electron chi connectivity index (χ4n) is 3.73. The fraction of sp³-hybridized carbons (Fsp3) is 0.529. The van der Waals surface area contributed by atoms with Crippen LogP contribution in [0.1, 0.15) is 13.3 Å². The van der Waals surface area contributed by atoms with Crippen LogP contribution in [0.2, 0.25) is 0 Å². The Kier molecular flexibility index (Phi) is 3.04. The lowest BCUT2D eigenvalue weighted by molar-refractivity contribution is -0.130. The number of hydrogen-bond acceptors (Lipinski definition) is 3. The zero-order valence-electron chi connectivity index (χ0n) is 11.9. The summed E-state index contributed by atoms with van der Waals surface area (Å²) in [5.41, 5.74) is 2.59. The largest absolute Gasteiger partial charge is 0.495 e. The van der Waals surface area contributed by atoms with Crippen LogP contribution < -0.4 is 0 Å². The van der Waals surface area contributed by atoms with Crippen LogP contribution in [0.25, 0.3) is 0 Å². The molecule has 0 bridgehead atoms. The van der Waals surface area contributed by atoms with Crippen molar-refractivity contribution in [2.24, 2.45) is 5.92 Å². The van der Waals surface area contributed by atoms with Gasteiger partial charge in [-0.2, -0.15) is 0 Å². The molecule has 0 radical (unpaired) electrons. The molecule has 106 valence electrons. The molecule has 2 aliphatic heterocycles. The molecule has 0 aromatic carbocycles. The summed E-state index contributed by atoms with van der Waals surface area (Å²) in [7, 11) is 0. The Morgan fingerprint density at radius 3 is 3.20 bits per heavy atom. The molecular formula is C17H21NO2. The number of fused-ring (bicyclic) bond motifs is 4. The summed E-state index contributed by atoms with van der Waals surface area (Å²) in [6.45, 7) is 6.01. The second kappa shape index (κ2) is 4.90. The van der Waals surface area contributed by atoms with Crippen molar-refractivity contribution in [3.8, 4) is 0 Å². The molecule has 0 spiro atoms. The van der Waals surface area contributed by atoms with Crippen molar-refractivity contribution < 1.29 is 9.47 Å². The van der Waals surface area contributed by atoms with Crippen molar-refractivity contribution in [2.75, 3.05) is 26.3 Å². The minimum absolute atomic E-state index is 0.248. The van der Waals surface area contributed by atoms with Crippen molar-refractivity contribution in [1.82, 2.24) is 4.90 Å². The topological polar surface area (TPSA) is 21.7 Å². The zero-order valence-corrected chi connectivity index (χ0v) is 11.9. The highest BCUT2D eigenvalue weighted by molar-refractivity contribution is 5.57. The molecule has 3 nitrogen and oxygen atoms in total. The molecule has 4 rings (SSSR count). The summed E-state index contributed by atoms with van der Waals surface area (Å²) in [4.78, 5) is 2.54. The summed E-state index contributed by atoms with van der Waals surface area (Å²) in [6, 6.07) is 0.401. The first-order valence-corrected chi connectivity index (χ1v) is 7.67. The Morgan fingerprint density at radius 2 is 2.30 bits per heavy atom. The average Bonchev–Trinajstić information content (AvgIpc) is 2.92. The van der Waals surface area contributed by atoms with Crippen LogP contribution in [0.4, 0.5) is 0 Å². The van der Waals surface area contributed by atoms with Crippen LogP contribution in [0.5, 0.6) is 0 Å². The Hall–Kier alpha value is -1.32. The lowest BCUT2D eigenvalue weighted by atomic mass is 9.83. The smallest absolute Gasteiger partial charge is 0.106 e. The number of rotatable bonds is 2. The first-order valence-electron chi connectivity index (χ1n) is 7.67. The Labute approximate surface area is 120 Å². The van der Waals surface area contributed by atoms with Crippen molar-refractivity contribution in [3.63, 3.8) is 0 Å². The summed E-state index contributed by atoms with van der Waals surface area (Å²) in [6.07, 6.45) is 12.4. The van der Waals surface area contributed by atoms with Crippen LogP contribution in [-0.4, -0.2) is 43.3 Å². The predicted molar refractivity (Wildman–Crippen MR) is 78.2 cm³/mol. The van der Waals surface area contributed by atoms with E-state index in [0.29, 0.717) is 6.04 Å². The molecule has 2 aliphatic carbocycles. The van der Waals surface area contributed by atoms with E-state index in [1.165, 1.54) is 17.6 Å². The molecule has 20 heavy (non-hydrogen) atoms. The maximum Gasteiger partial charge on any atom is 0.106 e. The van der Waals surface area contributed by atoms with Crippen molar-refractivity contribution in [2.45, 2.75) is 25.5 Å². The van der Waals surface area contributed by atoms with Gasteiger partial charge in [-0.15, -0.1) is 0 Å². The van der Waals surface area contributed by atoms with E-state index in [1.54, 1.807) is 0 Å². The highest BCUT2D eigenvalue weighted by Crippen LogP contribution is 2.39. The molecule has 2 fully saturated rings. The number of nitrogens with zero attached hydrogens (tertiary/aromatic N) is 1. The SMILES string of the molecule is CCCN1CCO[C@H]2C3C=C4C=CC=C4C=C3OC[C@@H]21. The minimum Gasteiger partial charge on any atom is -0.495 e. The van der Waals surface area contributed by atoms with Gasteiger partial charge >= 0.3 is 0 Å². The van der Waals surface area contributed by atoms with Crippen molar-refractivity contribution >= 4 is 0 Å². The molecule has 0 amide bonds. The predicted octanol–water partition coefficient (Wildman–Crippen LogP) is 2.43. The van der Waals surface area contributed by atoms with Gasteiger partial charge in [0.1, 0.15) is 12.4 Å². The molecule has 0 aromatic rings. The Morgan fingerprint density at radius 1 is 1.35 bits per heavy atom. The Balaban J connectivity index is 1.63. The fourth-order valence-corrected chi connectivity index (χ4v) is 3.73. The van der Waals surface area contributed by atoms with E-state index in [4.69, 9.17) is 9.47 Å². The van der Waals surface area contributed by atoms with Crippen LogP contribution in [0.15, 0.2) is 47.3 Å². The highest BCUT2D eigenvalue weighted by atomic mass is 16.5. The summed E-state index contributed by atoms with van der Waals surface area (Å²) < 4.78 is 12.2. The van der Waals surface area contributed by atoms with Gasteiger partial charge in [0.15, 0.2) is 0 Å². The van der Waals surface area contributed by atoms with E-state index in [9.17, 15) is 0 Å². The average molecular weight is 271 g/mol. The van der Waals surface area contributed by atoms with Gasteiger partial charge in [-0.05, 0) is 30.2 Å². The van der Waals surface area contributed by atoms with Gasteiger partial charge in [0.25, 0.3) is 0 Å². The van der Waals surface area contributed by atoms with Crippen LogP contribution in [-0.2, 0) is 9.47 Å². The summed E-state index contributed by atoms with van der Waals surface area (Å²) >= 11 is 0. The normalized spacial score (nSPS) is 35.2. The number of morpholine rings is 1. The summed E-state index contributed by atoms with van der Waals surface area (Å²) in [5.74, 6) is 1.37. The van der Waals surface area contributed by atoms with Gasteiger partial charge in [-0.25, -0.2) is 0 Å². The van der Waals surface area contributed by atoms with Crippen molar-refractivity contribution in [1.29, 1.82) is 0 Å². The van der Waals surface area contributed by atoms with E-state index < -0.39 is 0 Å². The first-order chi connectivity index (χ1) is 9.86. The third kappa shape index (κ3) is 1.88. The molecule has 3 atom stereocenters. The van der Waals surface area contributed by atoms with E-state index >= 15 is 0 Å². The maximum absolute atomic E-state index is 6.13. The highest BCUT2D eigenvalue weighted by Gasteiger charge is 2.43. The molecule has 1 unspecified atom stereocenters. The minimum atomic E-state index is 0.248. The summed E-state index contributed by atoms with van der Waals surface area (Å²) in [5, 5.41) is 0. The van der Waals surface area contributed by atoms with Crippen LogP contribution >= 0.6 is 0 Å². The lowest BCUT2D eigenvalue weighted by Gasteiger charge is -2.47. The van der Waals surface area contributed by atoms with E-state index in [1.807, 2.05) is 0 Å². The second-order valence-electron chi connectivity index (χ2n) is 5.93. The van der Waals surface area contributed by atoms with Gasteiger partial charge < -0.3 is 9.47 Å². The van der Waals surface area contributed by atoms with Gasteiger partial charge in [-0.1, -0.05) is 31.2 Å². The Bertz CT molecular complexity index is 527. The van der Waals surface area contributed by atoms with Crippen molar-refractivity contribution in [3.05, 3.63) is 47.3 Å². The third-order valence-electron chi connectivity index (χ3n) is 4.69. The number of ether oxygens (including phenoxy) is 2. The standard InChI is InChI=1S/C17H21NO2/c1-2-6-18-7-8-19-17-14-9-12-4-3-5-13(12)10-16(14)20-11-15(17)18/h3-5,9-10,14-15,17H,2,6-8,11H2,1H3/t14?,15-,17-/m0/s1. The first kappa shape index (κ1) is 12.4. The molecular weight excluding hydrogens is 250 g/mol. The molecule has 0 N–H and O–H groups in total. The van der Waals surface area contributed by atoms with Gasteiger partial charge in [-0.3, -0.25) is 4.90 Å². The lowest BCUT2D eigenvalue weighted by Crippen LogP contribution is -2.58. The number of allylic oxidation sites excluding steroid dienone is 6. The molecule has 3 heteroatoms. The molecule has 0 aromatic heterocycles. The van der Waals surface area contributed by atoms with Gasteiger partial charge in [0.2, 0.25) is 0 Å². The zero-order chi connectivity index (χ0) is 13.5. The van der Waals surface area contributed by atoms with Gasteiger partial charge in [0, 0.05) is 6.54 Å². The monoisotopic (exact) mass is 271 g/mol. The molecule has 2 saturated heterocycles.